The van der Waals surface area contributed by atoms with E-state index in [-0.39, 0.29) is 5.57 Å². The first-order valence-corrected chi connectivity index (χ1v) is 4.89. The molecule has 1 atom stereocenters. The summed E-state index contributed by atoms with van der Waals surface area (Å²) in [5.41, 5.74) is -1.65. The molecule has 0 unspecified atom stereocenters. The Kier molecular flexibility index (Phi) is 2.95. The van der Waals surface area contributed by atoms with Gasteiger partial charge in [0.05, 0.1) is 5.56 Å². The van der Waals surface area contributed by atoms with Gasteiger partial charge in [-0.15, -0.1) is 0 Å². The van der Waals surface area contributed by atoms with Crippen LogP contribution in [0.3, 0.4) is 0 Å². The highest BCUT2D eigenvalue weighted by atomic mass is 19.2. The lowest BCUT2D eigenvalue weighted by molar-refractivity contribution is -0.142. The molecule has 1 aromatic carbocycles. The first-order valence-electron chi connectivity index (χ1n) is 4.89. The summed E-state index contributed by atoms with van der Waals surface area (Å²) in [6, 6.07) is 0. The number of esters is 1. The molecule has 1 aliphatic heterocycles. The van der Waals surface area contributed by atoms with Crippen LogP contribution in [0, 0.1) is 29.1 Å². The molecule has 0 spiro atoms. The van der Waals surface area contributed by atoms with Crippen LogP contribution in [-0.2, 0) is 9.53 Å². The maximum absolute atomic E-state index is 13.5. The van der Waals surface area contributed by atoms with Gasteiger partial charge in [0.25, 0.3) is 0 Å². The average molecular weight is 280 g/mol. The number of ether oxygens (including phenoxy) is 1. The summed E-state index contributed by atoms with van der Waals surface area (Å²) >= 11 is 0. The topological polar surface area (TPSA) is 46.5 Å². The Balaban J connectivity index is 2.69. The third kappa shape index (κ3) is 1.74. The number of aliphatic hydroxyl groups is 1. The van der Waals surface area contributed by atoms with Crippen LogP contribution in [0.15, 0.2) is 11.3 Å². The van der Waals surface area contributed by atoms with Crippen LogP contribution in [0.25, 0.3) is 0 Å². The predicted octanol–water partition coefficient (Wildman–Crippen LogP) is 2.81. The minimum absolute atomic E-state index is 0.340. The van der Waals surface area contributed by atoms with Crippen LogP contribution >= 0.6 is 0 Å². The van der Waals surface area contributed by atoms with Gasteiger partial charge in [-0.2, -0.15) is 0 Å². The summed E-state index contributed by atoms with van der Waals surface area (Å²) in [6.07, 6.45) is -1.85. The van der Waals surface area contributed by atoms with Crippen molar-refractivity contribution >= 4 is 5.97 Å². The molecule has 0 aromatic heterocycles. The van der Waals surface area contributed by atoms with Gasteiger partial charge in [0.1, 0.15) is 0 Å². The minimum atomic E-state index is -2.31. The van der Waals surface area contributed by atoms with E-state index >= 15 is 0 Å². The molecular formula is C11H5F5O3. The molecule has 1 aromatic rings. The molecule has 19 heavy (non-hydrogen) atoms. The fourth-order valence-electron chi connectivity index (χ4n) is 1.66. The first kappa shape index (κ1) is 13.3. The molecule has 1 heterocycles. The fraction of sp³-hybridized carbons (Fsp3) is 0.182. The van der Waals surface area contributed by atoms with Crippen molar-refractivity contribution in [3.05, 3.63) is 46.0 Å². The molecule has 0 saturated heterocycles. The molecule has 0 fully saturated rings. The fourth-order valence-corrected chi connectivity index (χ4v) is 1.66. The molecule has 3 nitrogen and oxygen atoms in total. The Morgan fingerprint density at radius 2 is 1.37 bits per heavy atom. The van der Waals surface area contributed by atoms with Gasteiger partial charge in [0.2, 0.25) is 11.6 Å². The summed E-state index contributed by atoms with van der Waals surface area (Å²) in [5.74, 6) is -13.0. The number of carbonyl (C=O) groups is 1. The number of cyclic esters (lactones) is 1. The van der Waals surface area contributed by atoms with Gasteiger partial charge in [-0.25, -0.2) is 26.7 Å². The second-order valence-corrected chi connectivity index (χ2v) is 3.80. The van der Waals surface area contributed by atoms with Crippen molar-refractivity contribution in [2.45, 2.75) is 13.0 Å². The zero-order valence-electron chi connectivity index (χ0n) is 9.23. The molecule has 0 amide bonds. The Morgan fingerprint density at radius 3 is 1.74 bits per heavy atom. The molecule has 2 rings (SSSR count). The van der Waals surface area contributed by atoms with E-state index in [1.165, 1.54) is 0 Å². The number of halogens is 5. The number of aliphatic hydroxyl groups excluding tert-OH is 1. The summed E-state index contributed by atoms with van der Waals surface area (Å²) in [6.45, 7) is 1.07. The van der Waals surface area contributed by atoms with E-state index in [1.807, 2.05) is 0 Å². The van der Waals surface area contributed by atoms with E-state index in [9.17, 15) is 31.9 Å². The van der Waals surface area contributed by atoms with Crippen molar-refractivity contribution in [2.24, 2.45) is 0 Å². The molecule has 0 aliphatic carbocycles. The summed E-state index contributed by atoms with van der Waals surface area (Å²) in [4.78, 5) is 11.0. The molecule has 8 heteroatoms. The highest BCUT2D eigenvalue weighted by Crippen LogP contribution is 2.38. The second-order valence-electron chi connectivity index (χ2n) is 3.80. The van der Waals surface area contributed by atoms with Gasteiger partial charge in [-0.05, 0) is 6.92 Å². The highest BCUT2D eigenvalue weighted by molar-refractivity contribution is 5.89. The molecule has 0 radical (unpaired) electrons. The van der Waals surface area contributed by atoms with Gasteiger partial charge in [-0.1, -0.05) is 0 Å². The zero-order valence-corrected chi connectivity index (χ0v) is 9.23. The van der Waals surface area contributed by atoms with Crippen LogP contribution in [-0.4, -0.2) is 11.1 Å². The lowest BCUT2D eigenvalue weighted by atomic mass is 10.0. The number of hydrogen-bond donors (Lipinski definition) is 1. The van der Waals surface area contributed by atoms with Crippen molar-refractivity contribution in [1.82, 2.24) is 0 Å². The lowest BCUT2D eigenvalue weighted by Gasteiger charge is -2.14. The van der Waals surface area contributed by atoms with E-state index in [4.69, 9.17) is 0 Å². The quantitative estimate of drug-likeness (QED) is 0.372. The second kappa shape index (κ2) is 4.22. The SMILES string of the molecule is CC1=C(O)C(=O)O[C@@H]1c1c(F)c(F)c(F)c(F)c1F. The van der Waals surface area contributed by atoms with E-state index in [0.717, 1.165) is 6.92 Å². The normalized spacial score (nSPS) is 19.1. The number of hydrogen-bond acceptors (Lipinski definition) is 3. The van der Waals surface area contributed by atoms with Crippen molar-refractivity contribution in [2.75, 3.05) is 0 Å². The van der Waals surface area contributed by atoms with Gasteiger partial charge in [-0.3, -0.25) is 0 Å². The number of carbonyl (C=O) groups excluding carboxylic acids is 1. The first-order chi connectivity index (χ1) is 8.77. The van der Waals surface area contributed by atoms with Crippen LogP contribution in [0.1, 0.15) is 18.6 Å². The largest absolute Gasteiger partial charge is 0.502 e. The third-order valence-electron chi connectivity index (χ3n) is 2.69. The van der Waals surface area contributed by atoms with E-state index < -0.39 is 52.5 Å². The number of rotatable bonds is 1. The van der Waals surface area contributed by atoms with E-state index in [0.29, 0.717) is 0 Å². The molecule has 0 saturated carbocycles. The van der Waals surface area contributed by atoms with Crippen molar-refractivity contribution in [3.8, 4) is 0 Å². The van der Waals surface area contributed by atoms with Crippen molar-refractivity contribution in [3.63, 3.8) is 0 Å². The third-order valence-corrected chi connectivity index (χ3v) is 2.69. The Morgan fingerprint density at radius 1 is 0.947 bits per heavy atom. The number of benzene rings is 1. The smallest absolute Gasteiger partial charge is 0.374 e. The predicted molar refractivity (Wildman–Crippen MR) is 50.4 cm³/mol. The van der Waals surface area contributed by atoms with Crippen LogP contribution < -0.4 is 0 Å². The molecule has 0 bridgehead atoms. The monoisotopic (exact) mass is 280 g/mol. The van der Waals surface area contributed by atoms with Crippen LogP contribution in [0.2, 0.25) is 0 Å². The van der Waals surface area contributed by atoms with Gasteiger partial charge >= 0.3 is 5.97 Å². The Labute approximate surface area is 102 Å². The zero-order chi connectivity index (χ0) is 14.5. The van der Waals surface area contributed by atoms with Crippen LogP contribution in [0.5, 0.6) is 0 Å². The van der Waals surface area contributed by atoms with Gasteiger partial charge in [0, 0.05) is 5.57 Å². The average Bonchev–Trinajstić information content (AvgIpc) is 2.62. The van der Waals surface area contributed by atoms with Crippen LogP contribution in [0.4, 0.5) is 22.0 Å². The summed E-state index contributed by atoms with van der Waals surface area (Å²) in [7, 11) is 0. The minimum Gasteiger partial charge on any atom is -0.502 e. The van der Waals surface area contributed by atoms with Crippen molar-refractivity contribution < 1.29 is 36.6 Å². The Bertz CT molecular complexity index is 594. The standard InChI is InChI=1S/C11H5F5O3/c1-2-9(17)11(18)19-10(2)3-4(12)6(14)8(16)7(15)5(3)13/h10,17H,1H3/t10-/m0/s1. The Hall–Kier alpha value is -2.12. The van der Waals surface area contributed by atoms with E-state index in [2.05, 4.69) is 4.74 Å². The summed E-state index contributed by atoms with van der Waals surface area (Å²) in [5, 5.41) is 9.17. The molecule has 1 N–H and O–H groups in total. The van der Waals surface area contributed by atoms with Gasteiger partial charge in [0.15, 0.2) is 29.4 Å². The maximum atomic E-state index is 13.5. The molecule has 1 aliphatic rings. The molecule has 102 valence electrons. The summed E-state index contributed by atoms with van der Waals surface area (Å²) < 4.78 is 70.1. The highest BCUT2D eigenvalue weighted by Gasteiger charge is 2.39. The molecular weight excluding hydrogens is 275 g/mol. The lowest BCUT2D eigenvalue weighted by Crippen LogP contribution is -2.13. The maximum Gasteiger partial charge on any atom is 0.374 e. The van der Waals surface area contributed by atoms with E-state index in [1.54, 1.807) is 0 Å². The van der Waals surface area contributed by atoms with Gasteiger partial charge < -0.3 is 9.84 Å². The van der Waals surface area contributed by atoms with Crippen molar-refractivity contribution in [1.29, 1.82) is 0 Å².